The number of rotatable bonds is 3. The van der Waals surface area contributed by atoms with E-state index in [1.54, 1.807) is 0 Å². The molecule has 0 atom stereocenters. The van der Waals surface area contributed by atoms with Gasteiger partial charge in [0.15, 0.2) is 0 Å². The van der Waals surface area contributed by atoms with Gasteiger partial charge < -0.3 is 8.83 Å². The van der Waals surface area contributed by atoms with Gasteiger partial charge in [-0.25, -0.2) is 0 Å². The molecule has 0 aliphatic carbocycles. The Morgan fingerprint density at radius 3 is 1.63 bits per heavy atom. The molecule has 0 radical (unpaired) electrons. The highest BCUT2D eigenvalue weighted by Crippen LogP contribution is 2.48. The minimum absolute atomic E-state index is 0.186. The summed E-state index contributed by atoms with van der Waals surface area (Å²) >= 11 is 0. The molecule has 0 bridgehead atoms. The molecule has 2 heteroatoms. The fraction of sp³-hybridized carbons (Fsp3) is 0. The minimum atomic E-state index is -0.411. The van der Waals surface area contributed by atoms with Crippen molar-refractivity contribution in [3.05, 3.63) is 158 Å². The van der Waals surface area contributed by atoms with E-state index in [0.717, 1.165) is 87.7 Å². The van der Waals surface area contributed by atoms with E-state index in [-0.39, 0.29) is 29.7 Å². The number of benzene rings is 8. The highest BCUT2D eigenvalue weighted by atomic mass is 16.3. The molecule has 2 nitrogen and oxygen atoms in total. The molecule has 0 unspecified atom stereocenters. The standard InChI is InChI=1S/C44H26O2/c1-2-12-27(13-3-1)41-31-15-4-6-17-33(31)42(34-18-7-5-16-32(34)41)36-24-23-29(43-35-19-9-11-21-39(35)46-44(36)43)28-22-25-40-37(26-28)30-14-8-10-20-38(30)45-40/h1-26H/i1D,2D,3D,12D,13D. The maximum atomic E-state index is 8.91. The van der Waals surface area contributed by atoms with Crippen LogP contribution in [-0.4, -0.2) is 0 Å². The number of hydrogen-bond acceptors (Lipinski definition) is 2. The summed E-state index contributed by atoms with van der Waals surface area (Å²) in [6, 6.07) is 41.0. The highest BCUT2D eigenvalue weighted by Gasteiger charge is 2.22. The van der Waals surface area contributed by atoms with Crippen molar-refractivity contribution in [1.29, 1.82) is 0 Å². The maximum absolute atomic E-state index is 8.91. The SMILES string of the molecule is [2H]c1c([2H])c([2H])c(-c2c3ccccc3c(-c3ccc(-c4ccc5oc6ccccc6c5c4)c4c3oc3ccccc34)c3ccccc23)c([2H])c1[2H]. The molecule has 0 N–H and O–H groups in total. The van der Waals surface area contributed by atoms with Gasteiger partial charge in [-0.15, -0.1) is 0 Å². The van der Waals surface area contributed by atoms with E-state index >= 15 is 0 Å². The van der Waals surface area contributed by atoms with Crippen molar-refractivity contribution >= 4 is 65.4 Å². The minimum Gasteiger partial charge on any atom is -0.456 e. The molecule has 0 spiro atoms. The average molecular weight is 592 g/mol. The van der Waals surface area contributed by atoms with Crippen LogP contribution in [0.2, 0.25) is 0 Å². The lowest BCUT2D eigenvalue weighted by Gasteiger charge is -2.18. The lowest BCUT2D eigenvalue weighted by molar-refractivity contribution is 0.669. The monoisotopic (exact) mass is 591 g/mol. The molecule has 0 aliphatic heterocycles. The Kier molecular flexibility index (Phi) is 4.37. The average Bonchev–Trinajstić information content (AvgIpc) is 3.75. The van der Waals surface area contributed by atoms with Crippen LogP contribution in [-0.2, 0) is 0 Å². The van der Waals surface area contributed by atoms with Crippen LogP contribution in [0.3, 0.4) is 0 Å². The molecule has 0 amide bonds. The maximum Gasteiger partial charge on any atom is 0.143 e. The fourth-order valence-electron chi connectivity index (χ4n) is 7.22. The lowest BCUT2D eigenvalue weighted by Crippen LogP contribution is -1.91. The second-order valence-electron chi connectivity index (χ2n) is 11.6. The van der Waals surface area contributed by atoms with Gasteiger partial charge in [-0.2, -0.15) is 0 Å². The Hall–Kier alpha value is -6.12. The van der Waals surface area contributed by atoms with Crippen LogP contribution >= 0.6 is 0 Å². The lowest BCUT2D eigenvalue weighted by atomic mass is 9.85. The van der Waals surface area contributed by atoms with Crippen molar-refractivity contribution in [1.82, 2.24) is 0 Å². The molecule has 214 valence electrons. The summed E-state index contributed by atoms with van der Waals surface area (Å²) in [7, 11) is 0. The van der Waals surface area contributed by atoms with Crippen molar-refractivity contribution < 1.29 is 15.7 Å². The number of furan rings is 2. The quantitative estimate of drug-likeness (QED) is 0.191. The van der Waals surface area contributed by atoms with E-state index in [9.17, 15) is 0 Å². The van der Waals surface area contributed by atoms with Gasteiger partial charge in [0, 0.05) is 32.7 Å². The van der Waals surface area contributed by atoms with Crippen LogP contribution in [0.25, 0.3) is 98.8 Å². The topological polar surface area (TPSA) is 26.3 Å². The van der Waals surface area contributed by atoms with Crippen molar-refractivity contribution in [2.45, 2.75) is 0 Å². The van der Waals surface area contributed by atoms with Gasteiger partial charge in [-0.1, -0.05) is 127 Å². The van der Waals surface area contributed by atoms with Gasteiger partial charge >= 0.3 is 0 Å². The first kappa shape index (κ1) is 20.8. The second-order valence-corrected chi connectivity index (χ2v) is 11.6. The van der Waals surface area contributed by atoms with E-state index in [4.69, 9.17) is 15.7 Å². The smallest absolute Gasteiger partial charge is 0.143 e. The van der Waals surface area contributed by atoms with E-state index < -0.39 is 6.04 Å². The molecule has 0 fully saturated rings. The predicted octanol–water partition coefficient (Wildman–Crippen LogP) is 12.8. The molecule has 2 aromatic heterocycles. The molecular weight excluding hydrogens is 560 g/mol. The normalized spacial score (nSPS) is 13.4. The highest BCUT2D eigenvalue weighted by molar-refractivity contribution is 6.25. The molecular formula is C44H26O2. The van der Waals surface area contributed by atoms with Crippen LogP contribution in [0.15, 0.2) is 166 Å². The fourth-order valence-corrected chi connectivity index (χ4v) is 7.22. The third-order valence-electron chi connectivity index (χ3n) is 9.16. The Morgan fingerprint density at radius 1 is 0.391 bits per heavy atom. The number of para-hydroxylation sites is 2. The summed E-state index contributed by atoms with van der Waals surface area (Å²) in [5.74, 6) is 0. The zero-order chi connectivity index (χ0) is 34.5. The van der Waals surface area contributed by atoms with Crippen LogP contribution in [0.4, 0.5) is 0 Å². The van der Waals surface area contributed by atoms with Crippen LogP contribution in [0, 0.1) is 0 Å². The van der Waals surface area contributed by atoms with Crippen LogP contribution < -0.4 is 0 Å². The van der Waals surface area contributed by atoms with Crippen molar-refractivity contribution in [3.63, 3.8) is 0 Å². The zero-order valence-corrected chi connectivity index (χ0v) is 24.4. The summed E-state index contributed by atoms with van der Waals surface area (Å²) < 4.78 is 55.9. The molecule has 0 saturated carbocycles. The summed E-state index contributed by atoms with van der Waals surface area (Å²) in [5, 5.41) is 7.47. The summed E-state index contributed by atoms with van der Waals surface area (Å²) in [4.78, 5) is 0. The van der Waals surface area contributed by atoms with Gasteiger partial charge in [0.1, 0.15) is 22.3 Å². The third-order valence-corrected chi connectivity index (χ3v) is 9.16. The Balaban J connectivity index is 1.32. The molecule has 10 rings (SSSR count). The number of hydrogen-bond donors (Lipinski definition) is 0. The van der Waals surface area contributed by atoms with Gasteiger partial charge in [0.25, 0.3) is 0 Å². The Bertz CT molecular complexity index is 3010. The van der Waals surface area contributed by atoms with Gasteiger partial charge in [0.05, 0.1) is 6.85 Å². The first-order valence-electron chi connectivity index (χ1n) is 17.8. The first-order chi connectivity index (χ1) is 24.9. The molecule has 0 aliphatic rings. The van der Waals surface area contributed by atoms with Crippen molar-refractivity contribution in [2.24, 2.45) is 0 Å². The van der Waals surface area contributed by atoms with Crippen LogP contribution in [0.5, 0.6) is 0 Å². The van der Waals surface area contributed by atoms with Gasteiger partial charge in [-0.3, -0.25) is 0 Å². The second kappa shape index (κ2) is 9.69. The zero-order valence-electron chi connectivity index (χ0n) is 29.4. The van der Waals surface area contributed by atoms with E-state index in [2.05, 4.69) is 36.4 Å². The Morgan fingerprint density at radius 2 is 0.935 bits per heavy atom. The first-order valence-corrected chi connectivity index (χ1v) is 15.3. The summed E-state index contributed by atoms with van der Waals surface area (Å²) in [6.45, 7) is 0. The van der Waals surface area contributed by atoms with Gasteiger partial charge in [-0.05, 0) is 74.1 Å². The van der Waals surface area contributed by atoms with E-state index in [1.165, 1.54) is 0 Å². The molecule has 0 saturated heterocycles. The molecule has 10 aromatic rings. The third kappa shape index (κ3) is 3.59. The molecule has 46 heavy (non-hydrogen) atoms. The largest absolute Gasteiger partial charge is 0.456 e. The van der Waals surface area contributed by atoms with Crippen LogP contribution in [0.1, 0.15) is 6.85 Å². The predicted molar refractivity (Wildman–Crippen MR) is 192 cm³/mol. The van der Waals surface area contributed by atoms with Crippen molar-refractivity contribution in [2.75, 3.05) is 0 Å². The van der Waals surface area contributed by atoms with Gasteiger partial charge in [0.2, 0.25) is 0 Å². The summed E-state index contributed by atoms with van der Waals surface area (Å²) in [5.41, 5.74) is 7.94. The molecule has 8 aromatic carbocycles. The Labute approximate surface area is 271 Å². The number of fused-ring (bicyclic) bond motifs is 8. The van der Waals surface area contributed by atoms with Crippen molar-refractivity contribution in [3.8, 4) is 33.4 Å². The molecule has 2 heterocycles. The summed E-state index contributed by atoms with van der Waals surface area (Å²) in [6.07, 6.45) is 0. The van der Waals surface area contributed by atoms with E-state index in [1.807, 2.05) is 91.0 Å². The van der Waals surface area contributed by atoms with E-state index in [0.29, 0.717) is 5.56 Å².